The highest BCUT2D eigenvalue weighted by molar-refractivity contribution is 5.94. The molecule has 1 amide bonds. The number of aliphatic hydroxyl groups excluding tert-OH is 1. The Morgan fingerprint density at radius 2 is 1.86 bits per heavy atom. The second-order valence-corrected chi connectivity index (χ2v) is 5.69. The quantitative estimate of drug-likeness (QED) is 0.942. The maximum absolute atomic E-state index is 12.1. The van der Waals surface area contributed by atoms with Crippen molar-refractivity contribution in [2.75, 3.05) is 11.4 Å². The molecule has 114 valence electrons. The molecule has 0 fully saturated rings. The fraction of sp³-hybridized carbons (Fsp3) is 0.316. The Morgan fingerprint density at radius 1 is 1.09 bits per heavy atom. The van der Waals surface area contributed by atoms with Crippen LogP contribution in [0.25, 0.3) is 0 Å². The van der Waals surface area contributed by atoms with E-state index < -0.39 is 6.10 Å². The van der Waals surface area contributed by atoms with E-state index in [4.69, 9.17) is 0 Å². The normalized spacial score (nSPS) is 16.1. The van der Waals surface area contributed by atoms with Crippen molar-refractivity contribution in [1.29, 1.82) is 0 Å². The average molecular weight is 295 g/mol. The molecule has 0 spiro atoms. The van der Waals surface area contributed by atoms with Crippen LogP contribution in [0.1, 0.15) is 42.6 Å². The maximum Gasteiger partial charge on any atom is 0.226 e. The highest BCUT2D eigenvalue weighted by atomic mass is 16.3. The first-order chi connectivity index (χ1) is 10.7. The number of aryl methyl sites for hydroxylation is 1. The number of aliphatic hydroxyl groups is 1. The third-order valence-electron chi connectivity index (χ3n) is 4.28. The van der Waals surface area contributed by atoms with Crippen LogP contribution in [0, 0.1) is 0 Å². The molecule has 0 aromatic heterocycles. The van der Waals surface area contributed by atoms with Gasteiger partial charge in [0.2, 0.25) is 5.91 Å². The number of hydrogen-bond donors (Lipinski definition) is 1. The molecular weight excluding hydrogens is 274 g/mol. The number of benzene rings is 2. The molecule has 22 heavy (non-hydrogen) atoms. The van der Waals surface area contributed by atoms with Crippen LogP contribution >= 0.6 is 0 Å². The van der Waals surface area contributed by atoms with Gasteiger partial charge in [0.25, 0.3) is 0 Å². The van der Waals surface area contributed by atoms with Crippen LogP contribution in [0.15, 0.2) is 48.5 Å². The molecular formula is C19H21NO2. The SMILES string of the molecule is CCN1C(=O)CCCc2cc(C(O)c3ccccc3)ccc21. The molecule has 2 aromatic rings. The Labute approximate surface area is 131 Å². The molecule has 1 aliphatic rings. The summed E-state index contributed by atoms with van der Waals surface area (Å²) in [5.41, 5.74) is 3.92. The highest BCUT2D eigenvalue weighted by Crippen LogP contribution is 2.31. The average Bonchev–Trinajstić information content (AvgIpc) is 2.72. The van der Waals surface area contributed by atoms with E-state index in [9.17, 15) is 9.90 Å². The van der Waals surface area contributed by atoms with Crippen LogP contribution in [0.2, 0.25) is 0 Å². The predicted molar refractivity (Wildman–Crippen MR) is 87.9 cm³/mol. The van der Waals surface area contributed by atoms with E-state index in [0.29, 0.717) is 13.0 Å². The summed E-state index contributed by atoms with van der Waals surface area (Å²) in [6.07, 6.45) is 1.72. The van der Waals surface area contributed by atoms with Gasteiger partial charge >= 0.3 is 0 Å². The van der Waals surface area contributed by atoms with Gasteiger partial charge in [-0.05, 0) is 42.5 Å². The van der Waals surface area contributed by atoms with Gasteiger partial charge in [0.05, 0.1) is 0 Å². The molecule has 0 saturated carbocycles. The standard InChI is InChI=1S/C19H21NO2/c1-2-20-17-12-11-16(13-15(17)9-6-10-18(20)21)19(22)14-7-4-3-5-8-14/h3-5,7-8,11-13,19,22H,2,6,9-10H2,1H3. The second kappa shape index (κ2) is 6.32. The van der Waals surface area contributed by atoms with E-state index in [1.807, 2.05) is 60.4 Å². The van der Waals surface area contributed by atoms with Crippen molar-refractivity contribution in [2.45, 2.75) is 32.3 Å². The summed E-state index contributed by atoms with van der Waals surface area (Å²) in [7, 11) is 0. The molecule has 2 aromatic carbocycles. The molecule has 0 saturated heterocycles. The maximum atomic E-state index is 12.1. The number of fused-ring (bicyclic) bond motifs is 1. The number of carbonyl (C=O) groups is 1. The Hall–Kier alpha value is -2.13. The number of rotatable bonds is 3. The first-order valence-corrected chi connectivity index (χ1v) is 7.87. The van der Waals surface area contributed by atoms with Gasteiger partial charge in [-0.3, -0.25) is 4.79 Å². The third kappa shape index (κ3) is 2.77. The van der Waals surface area contributed by atoms with Crippen LogP contribution in [0.4, 0.5) is 5.69 Å². The number of amides is 1. The van der Waals surface area contributed by atoms with Gasteiger partial charge < -0.3 is 10.0 Å². The Morgan fingerprint density at radius 3 is 2.59 bits per heavy atom. The molecule has 0 bridgehead atoms. The van der Waals surface area contributed by atoms with E-state index >= 15 is 0 Å². The molecule has 1 heterocycles. The van der Waals surface area contributed by atoms with Gasteiger partial charge in [-0.25, -0.2) is 0 Å². The number of anilines is 1. The van der Waals surface area contributed by atoms with Crippen molar-refractivity contribution >= 4 is 11.6 Å². The number of carbonyl (C=O) groups excluding carboxylic acids is 1. The minimum atomic E-state index is -0.625. The number of hydrogen-bond acceptors (Lipinski definition) is 2. The second-order valence-electron chi connectivity index (χ2n) is 5.69. The van der Waals surface area contributed by atoms with E-state index in [1.54, 1.807) is 0 Å². The summed E-state index contributed by atoms with van der Waals surface area (Å²) in [6.45, 7) is 2.69. The van der Waals surface area contributed by atoms with E-state index in [1.165, 1.54) is 0 Å². The van der Waals surface area contributed by atoms with E-state index in [-0.39, 0.29) is 5.91 Å². The Kier molecular flexibility index (Phi) is 4.25. The summed E-state index contributed by atoms with van der Waals surface area (Å²) in [5, 5.41) is 10.6. The van der Waals surface area contributed by atoms with Crippen molar-refractivity contribution < 1.29 is 9.90 Å². The summed E-state index contributed by atoms with van der Waals surface area (Å²) < 4.78 is 0. The van der Waals surface area contributed by atoms with Gasteiger partial charge in [-0.15, -0.1) is 0 Å². The zero-order valence-electron chi connectivity index (χ0n) is 12.8. The molecule has 1 atom stereocenters. The van der Waals surface area contributed by atoms with Crippen molar-refractivity contribution in [3.63, 3.8) is 0 Å². The number of nitrogens with zero attached hydrogens (tertiary/aromatic N) is 1. The van der Waals surface area contributed by atoms with Crippen LogP contribution in [0.3, 0.4) is 0 Å². The molecule has 0 radical (unpaired) electrons. The van der Waals surface area contributed by atoms with Crippen LogP contribution in [-0.2, 0) is 11.2 Å². The zero-order chi connectivity index (χ0) is 15.5. The smallest absolute Gasteiger partial charge is 0.226 e. The van der Waals surface area contributed by atoms with Gasteiger partial charge in [-0.1, -0.05) is 42.5 Å². The minimum absolute atomic E-state index is 0.192. The summed E-state index contributed by atoms with van der Waals surface area (Å²) in [6, 6.07) is 15.6. The molecule has 1 unspecified atom stereocenters. The monoisotopic (exact) mass is 295 g/mol. The van der Waals surface area contributed by atoms with Crippen molar-refractivity contribution in [3.8, 4) is 0 Å². The molecule has 1 N–H and O–H groups in total. The zero-order valence-corrected chi connectivity index (χ0v) is 12.8. The first-order valence-electron chi connectivity index (χ1n) is 7.87. The molecule has 3 nitrogen and oxygen atoms in total. The minimum Gasteiger partial charge on any atom is -0.384 e. The molecule has 3 rings (SSSR count). The summed E-state index contributed by atoms with van der Waals surface area (Å²) in [5.74, 6) is 0.192. The van der Waals surface area contributed by atoms with Gasteiger partial charge in [0.15, 0.2) is 0 Å². The largest absolute Gasteiger partial charge is 0.384 e. The lowest BCUT2D eigenvalue weighted by molar-refractivity contribution is -0.118. The Balaban J connectivity index is 1.97. The highest BCUT2D eigenvalue weighted by Gasteiger charge is 2.22. The van der Waals surface area contributed by atoms with Crippen molar-refractivity contribution in [1.82, 2.24) is 0 Å². The van der Waals surface area contributed by atoms with E-state index in [0.717, 1.165) is 35.2 Å². The first kappa shape index (κ1) is 14.8. The lowest BCUT2D eigenvalue weighted by atomic mass is 9.97. The third-order valence-corrected chi connectivity index (χ3v) is 4.28. The Bertz CT molecular complexity index is 666. The molecule has 1 aliphatic heterocycles. The van der Waals surface area contributed by atoms with Crippen LogP contribution in [0.5, 0.6) is 0 Å². The lowest BCUT2D eigenvalue weighted by Crippen LogP contribution is -2.29. The molecule has 3 heteroatoms. The fourth-order valence-electron chi connectivity index (χ4n) is 3.11. The van der Waals surface area contributed by atoms with Gasteiger partial charge in [0, 0.05) is 18.7 Å². The van der Waals surface area contributed by atoms with Crippen molar-refractivity contribution in [2.24, 2.45) is 0 Å². The molecule has 0 aliphatic carbocycles. The van der Waals surface area contributed by atoms with Gasteiger partial charge in [0.1, 0.15) is 6.10 Å². The summed E-state index contributed by atoms with van der Waals surface area (Å²) >= 11 is 0. The van der Waals surface area contributed by atoms with E-state index in [2.05, 4.69) is 0 Å². The predicted octanol–water partition coefficient (Wildman–Crippen LogP) is 3.46. The lowest BCUT2D eigenvalue weighted by Gasteiger charge is -2.22. The van der Waals surface area contributed by atoms with Crippen molar-refractivity contribution in [3.05, 3.63) is 65.2 Å². The topological polar surface area (TPSA) is 40.5 Å². The van der Waals surface area contributed by atoms with Crippen LogP contribution < -0.4 is 4.90 Å². The van der Waals surface area contributed by atoms with Gasteiger partial charge in [-0.2, -0.15) is 0 Å². The summed E-state index contributed by atoms with van der Waals surface area (Å²) in [4.78, 5) is 14.0. The van der Waals surface area contributed by atoms with Crippen LogP contribution in [-0.4, -0.2) is 17.6 Å². The fourth-order valence-corrected chi connectivity index (χ4v) is 3.11.